The van der Waals surface area contributed by atoms with Gasteiger partial charge in [-0.2, -0.15) is 0 Å². The summed E-state index contributed by atoms with van der Waals surface area (Å²) in [7, 11) is -1.04. The normalized spacial score (nSPS) is 16.5. The van der Waals surface area contributed by atoms with Gasteiger partial charge < -0.3 is 4.74 Å². The molecule has 3 aromatic rings. The summed E-state index contributed by atoms with van der Waals surface area (Å²) in [6.45, 7) is 7.02. The molecule has 5 heteroatoms. The highest BCUT2D eigenvalue weighted by Crippen LogP contribution is 2.36. The van der Waals surface area contributed by atoms with Gasteiger partial charge in [-0.15, -0.1) is 0 Å². The smallest absolute Gasteiger partial charge is 0.217 e. The van der Waals surface area contributed by atoms with Crippen LogP contribution in [0.4, 0.5) is 8.78 Å². The highest BCUT2D eigenvalue weighted by molar-refractivity contribution is 7.80. The second kappa shape index (κ2) is 8.28. The summed E-state index contributed by atoms with van der Waals surface area (Å²) in [5, 5.41) is 3.02. The molecule has 0 amide bonds. The molecular formula is C25H24F2NOP. The Kier molecular flexibility index (Phi) is 5.71. The Morgan fingerprint density at radius 2 is 1.37 bits per heavy atom. The summed E-state index contributed by atoms with van der Waals surface area (Å²) >= 11 is 0. The Hall–Kier alpha value is -2.58. The van der Waals surface area contributed by atoms with Crippen LogP contribution in [0, 0.1) is 17.0 Å². The second-order valence-electron chi connectivity index (χ2n) is 8.43. The van der Waals surface area contributed by atoms with Crippen molar-refractivity contribution >= 4 is 29.7 Å². The van der Waals surface area contributed by atoms with Crippen molar-refractivity contribution in [1.82, 2.24) is 0 Å². The number of halogens is 2. The molecule has 0 spiro atoms. The lowest BCUT2D eigenvalue weighted by molar-refractivity contribution is 0.236. The Labute approximate surface area is 177 Å². The molecule has 0 bridgehead atoms. The molecule has 1 heterocycles. The standard InChI is InChI=1S/C25H24F2NOP/c1-25(2,3)23-16-29-24(28-23)21-6-4-5-7-22(21)30(19-12-8-17(26)9-13-19)20-14-10-18(27)11-15-20/h4-15,23H,16H2,1-3H3. The molecule has 2 nitrogen and oxygen atoms in total. The molecule has 1 unspecified atom stereocenters. The van der Waals surface area contributed by atoms with Gasteiger partial charge in [-0.3, -0.25) is 0 Å². The molecule has 1 aliphatic heterocycles. The highest BCUT2D eigenvalue weighted by atomic mass is 31.1. The SMILES string of the molecule is CC(C)(C)C1COC(c2ccccc2P(c2ccc(F)cc2)c2ccc(F)cc2)=N1. The Bertz CT molecular complexity index is 1010. The zero-order chi connectivity index (χ0) is 21.3. The number of ether oxygens (including phenoxy) is 1. The van der Waals surface area contributed by atoms with Crippen LogP contribution in [-0.4, -0.2) is 18.5 Å². The molecule has 4 rings (SSSR count). The van der Waals surface area contributed by atoms with Crippen molar-refractivity contribution in [2.24, 2.45) is 10.4 Å². The average molecular weight is 423 g/mol. The van der Waals surface area contributed by atoms with Crippen LogP contribution in [-0.2, 0) is 4.74 Å². The van der Waals surface area contributed by atoms with E-state index in [2.05, 4.69) is 26.8 Å². The van der Waals surface area contributed by atoms with Crippen molar-refractivity contribution in [3.8, 4) is 0 Å². The van der Waals surface area contributed by atoms with Crippen molar-refractivity contribution < 1.29 is 13.5 Å². The fourth-order valence-electron chi connectivity index (χ4n) is 3.42. The average Bonchev–Trinajstić information content (AvgIpc) is 3.22. The van der Waals surface area contributed by atoms with E-state index in [1.54, 1.807) is 24.3 Å². The van der Waals surface area contributed by atoms with Gasteiger partial charge >= 0.3 is 0 Å². The monoisotopic (exact) mass is 423 g/mol. The van der Waals surface area contributed by atoms with E-state index in [9.17, 15) is 8.78 Å². The Balaban J connectivity index is 1.84. The van der Waals surface area contributed by atoms with Gasteiger partial charge in [0.2, 0.25) is 5.90 Å². The number of hydrogen-bond donors (Lipinski definition) is 0. The van der Waals surface area contributed by atoms with Gasteiger partial charge in [-0.25, -0.2) is 13.8 Å². The molecule has 1 aliphatic rings. The molecule has 0 N–H and O–H groups in total. The topological polar surface area (TPSA) is 21.6 Å². The van der Waals surface area contributed by atoms with E-state index < -0.39 is 7.92 Å². The minimum atomic E-state index is -1.04. The van der Waals surface area contributed by atoms with E-state index in [0.29, 0.717) is 12.5 Å². The van der Waals surface area contributed by atoms with Gasteiger partial charge in [-0.1, -0.05) is 63.2 Å². The molecule has 0 saturated carbocycles. The highest BCUT2D eigenvalue weighted by Gasteiger charge is 2.32. The number of hydrogen-bond acceptors (Lipinski definition) is 2. The summed E-state index contributed by atoms with van der Waals surface area (Å²) in [4.78, 5) is 4.87. The zero-order valence-electron chi connectivity index (χ0n) is 17.3. The molecule has 0 radical (unpaired) electrons. The largest absolute Gasteiger partial charge is 0.475 e. The van der Waals surface area contributed by atoms with E-state index in [1.807, 2.05) is 18.2 Å². The van der Waals surface area contributed by atoms with Crippen molar-refractivity contribution in [2.45, 2.75) is 26.8 Å². The Morgan fingerprint density at radius 1 is 0.833 bits per heavy atom. The number of benzene rings is 3. The van der Waals surface area contributed by atoms with Crippen molar-refractivity contribution in [3.05, 3.63) is 90.0 Å². The summed E-state index contributed by atoms with van der Waals surface area (Å²) < 4.78 is 33.2. The number of rotatable bonds is 4. The van der Waals surface area contributed by atoms with E-state index in [1.165, 1.54) is 24.3 Å². The fourth-order valence-corrected chi connectivity index (χ4v) is 5.82. The first-order valence-corrected chi connectivity index (χ1v) is 11.3. The van der Waals surface area contributed by atoms with Gasteiger partial charge in [0.05, 0.1) is 6.04 Å². The first-order valence-electron chi connectivity index (χ1n) is 9.94. The molecule has 154 valence electrons. The molecule has 3 aromatic carbocycles. The quantitative estimate of drug-likeness (QED) is 0.546. The second-order valence-corrected chi connectivity index (χ2v) is 10.6. The Morgan fingerprint density at radius 3 is 1.87 bits per heavy atom. The van der Waals surface area contributed by atoms with Crippen LogP contribution < -0.4 is 15.9 Å². The van der Waals surface area contributed by atoms with Crippen molar-refractivity contribution in [2.75, 3.05) is 6.61 Å². The van der Waals surface area contributed by atoms with E-state index in [-0.39, 0.29) is 23.1 Å². The third kappa shape index (κ3) is 4.29. The summed E-state index contributed by atoms with van der Waals surface area (Å²) in [5.74, 6) is 0.0810. The molecule has 0 fully saturated rings. The predicted molar refractivity (Wildman–Crippen MR) is 121 cm³/mol. The summed E-state index contributed by atoms with van der Waals surface area (Å²) in [6, 6.07) is 21.2. The summed E-state index contributed by atoms with van der Waals surface area (Å²) in [6.07, 6.45) is 0. The third-order valence-electron chi connectivity index (χ3n) is 5.20. The van der Waals surface area contributed by atoms with Gasteiger partial charge in [0.1, 0.15) is 18.2 Å². The van der Waals surface area contributed by atoms with Crippen LogP contribution in [0.2, 0.25) is 0 Å². The predicted octanol–water partition coefficient (Wildman–Crippen LogP) is 4.91. The van der Waals surface area contributed by atoms with Crippen LogP contribution >= 0.6 is 7.92 Å². The van der Waals surface area contributed by atoms with Gasteiger partial charge in [0.25, 0.3) is 0 Å². The molecular weight excluding hydrogens is 399 g/mol. The lowest BCUT2D eigenvalue weighted by Crippen LogP contribution is -2.25. The van der Waals surface area contributed by atoms with Gasteiger partial charge in [0.15, 0.2) is 0 Å². The number of aliphatic imine (C=N–C) groups is 1. The number of nitrogens with zero attached hydrogens (tertiary/aromatic N) is 1. The third-order valence-corrected chi connectivity index (χ3v) is 7.70. The maximum Gasteiger partial charge on any atom is 0.217 e. The van der Waals surface area contributed by atoms with Crippen molar-refractivity contribution in [3.63, 3.8) is 0 Å². The summed E-state index contributed by atoms with van der Waals surface area (Å²) in [5.41, 5.74) is 0.944. The van der Waals surface area contributed by atoms with E-state index >= 15 is 0 Å². The van der Waals surface area contributed by atoms with Gasteiger partial charge in [0, 0.05) is 5.56 Å². The fraction of sp³-hybridized carbons (Fsp3) is 0.240. The van der Waals surface area contributed by atoms with E-state index in [4.69, 9.17) is 9.73 Å². The molecule has 0 aromatic heterocycles. The van der Waals surface area contributed by atoms with Gasteiger partial charge in [-0.05, 0) is 59.6 Å². The van der Waals surface area contributed by atoms with Crippen LogP contribution in [0.15, 0.2) is 77.8 Å². The lowest BCUT2D eigenvalue weighted by Gasteiger charge is -2.22. The maximum absolute atomic E-state index is 13.6. The maximum atomic E-state index is 13.6. The van der Waals surface area contributed by atoms with Crippen LogP contribution in [0.1, 0.15) is 26.3 Å². The van der Waals surface area contributed by atoms with Crippen LogP contribution in [0.5, 0.6) is 0 Å². The molecule has 30 heavy (non-hydrogen) atoms. The first-order chi connectivity index (χ1) is 14.3. The molecule has 0 aliphatic carbocycles. The van der Waals surface area contributed by atoms with Crippen LogP contribution in [0.3, 0.4) is 0 Å². The van der Waals surface area contributed by atoms with Crippen LogP contribution in [0.25, 0.3) is 0 Å². The molecule has 1 atom stereocenters. The zero-order valence-corrected chi connectivity index (χ0v) is 18.2. The minimum Gasteiger partial charge on any atom is -0.475 e. The van der Waals surface area contributed by atoms with Crippen molar-refractivity contribution in [1.29, 1.82) is 0 Å². The molecule has 0 saturated heterocycles. The van der Waals surface area contributed by atoms with E-state index in [0.717, 1.165) is 21.5 Å². The minimum absolute atomic E-state index is 0.00927. The lowest BCUT2D eigenvalue weighted by atomic mass is 9.88. The first kappa shape index (κ1) is 20.7.